The van der Waals surface area contributed by atoms with E-state index in [1.54, 1.807) is 0 Å². The summed E-state index contributed by atoms with van der Waals surface area (Å²) in [4.78, 5) is 14.5. The van der Waals surface area contributed by atoms with Crippen molar-refractivity contribution in [3.63, 3.8) is 0 Å². The first-order valence-electron chi connectivity index (χ1n) is 8.36. The molecule has 0 bridgehead atoms. The van der Waals surface area contributed by atoms with Gasteiger partial charge in [-0.05, 0) is 38.5 Å². The molecule has 0 aromatic carbocycles. The third kappa shape index (κ3) is 4.19. The molecule has 2 fully saturated rings. The monoisotopic (exact) mass is 282 g/mol. The molecule has 4 nitrogen and oxygen atoms in total. The minimum Gasteiger partial charge on any atom is -0.378 e. The number of nitrogens with zero attached hydrogens (tertiary/aromatic N) is 1. The van der Waals surface area contributed by atoms with Crippen LogP contribution in [0.25, 0.3) is 0 Å². The van der Waals surface area contributed by atoms with Crippen molar-refractivity contribution in [3.05, 3.63) is 0 Å². The summed E-state index contributed by atoms with van der Waals surface area (Å²) in [5.74, 6) is 0.846. The number of ether oxygens (including phenoxy) is 1. The molecule has 20 heavy (non-hydrogen) atoms. The number of amides is 1. The third-order valence-corrected chi connectivity index (χ3v) is 4.72. The minimum atomic E-state index is -0.0637. The average molecular weight is 282 g/mol. The van der Waals surface area contributed by atoms with Crippen molar-refractivity contribution in [2.45, 2.75) is 64.5 Å². The Balaban J connectivity index is 1.75. The van der Waals surface area contributed by atoms with Crippen LogP contribution in [0.3, 0.4) is 0 Å². The van der Waals surface area contributed by atoms with Crippen LogP contribution in [-0.4, -0.2) is 49.2 Å². The van der Waals surface area contributed by atoms with Crippen LogP contribution in [0, 0.1) is 5.92 Å². The SMILES string of the molecule is CCC1OCCC1CNC(C)C(=O)N1CCCCCC1. The van der Waals surface area contributed by atoms with Gasteiger partial charge in [0.1, 0.15) is 0 Å². The van der Waals surface area contributed by atoms with Gasteiger partial charge in [0.15, 0.2) is 0 Å². The summed E-state index contributed by atoms with van der Waals surface area (Å²) in [6.07, 6.45) is 7.42. The van der Waals surface area contributed by atoms with Crippen LogP contribution < -0.4 is 5.32 Å². The predicted octanol–water partition coefficient (Wildman–Crippen LogP) is 2.18. The van der Waals surface area contributed by atoms with Gasteiger partial charge in [-0.25, -0.2) is 0 Å². The maximum atomic E-state index is 12.4. The summed E-state index contributed by atoms with van der Waals surface area (Å²) >= 11 is 0. The van der Waals surface area contributed by atoms with E-state index in [0.717, 1.165) is 51.9 Å². The molecule has 1 N–H and O–H groups in total. The molecule has 116 valence electrons. The Morgan fingerprint density at radius 3 is 2.65 bits per heavy atom. The lowest BCUT2D eigenvalue weighted by atomic mass is 9.99. The molecule has 2 aliphatic rings. The highest BCUT2D eigenvalue weighted by Gasteiger charge is 2.28. The van der Waals surface area contributed by atoms with E-state index in [9.17, 15) is 4.79 Å². The van der Waals surface area contributed by atoms with E-state index >= 15 is 0 Å². The Labute approximate surface area is 123 Å². The number of hydrogen-bond acceptors (Lipinski definition) is 3. The van der Waals surface area contributed by atoms with Gasteiger partial charge in [0.2, 0.25) is 5.91 Å². The van der Waals surface area contributed by atoms with Gasteiger partial charge in [-0.3, -0.25) is 4.79 Å². The van der Waals surface area contributed by atoms with Gasteiger partial charge in [0.25, 0.3) is 0 Å². The molecule has 0 aromatic rings. The van der Waals surface area contributed by atoms with Gasteiger partial charge in [-0.15, -0.1) is 0 Å². The molecule has 0 saturated carbocycles. The van der Waals surface area contributed by atoms with Gasteiger partial charge in [-0.1, -0.05) is 19.8 Å². The molecule has 3 atom stereocenters. The van der Waals surface area contributed by atoms with Crippen molar-refractivity contribution in [3.8, 4) is 0 Å². The van der Waals surface area contributed by atoms with Crippen molar-refractivity contribution in [2.24, 2.45) is 5.92 Å². The van der Waals surface area contributed by atoms with Gasteiger partial charge in [-0.2, -0.15) is 0 Å². The summed E-state index contributed by atoms with van der Waals surface area (Å²) in [6, 6.07) is -0.0637. The summed E-state index contributed by atoms with van der Waals surface area (Å²) in [6.45, 7) is 7.83. The average Bonchev–Trinajstić information content (AvgIpc) is 2.75. The number of rotatable bonds is 5. The highest BCUT2D eigenvalue weighted by molar-refractivity contribution is 5.81. The lowest BCUT2D eigenvalue weighted by molar-refractivity contribution is -0.133. The summed E-state index contributed by atoms with van der Waals surface area (Å²) < 4.78 is 5.71. The molecule has 0 aliphatic carbocycles. The first-order valence-corrected chi connectivity index (χ1v) is 8.36. The van der Waals surface area contributed by atoms with Crippen LogP contribution in [-0.2, 0) is 9.53 Å². The maximum absolute atomic E-state index is 12.4. The van der Waals surface area contributed by atoms with E-state index in [2.05, 4.69) is 12.2 Å². The van der Waals surface area contributed by atoms with E-state index < -0.39 is 0 Å². The van der Waals surface area contributed by atoms with Crippen molar-refractivity contribution < 1.29 is 9.53 Å². The van der Waals surface area contributed by atoms with Crippen LogP contribution in [0.1, 0.15) is 52.4 Å². The highest BCUT2D eigenvalue weighted by atomic mass is 16.5. The van der Waals surface area contributed by atoms with Crippen LogP contribution in [0.5, 0.6) is 0 Å². The molecular weight excluding hydrogens is 252 g/mol. The molecule has 0 aromatic heterocycles. The van der Waals surface area contributed by atoms with Crippen LogP contribution in [0.2, 0.25) is 0 Å². The number of carbonyl (C=O) groups is 1. The lowest BCUT2D eigenvalue weighted by Crippen LogP contribution is -2.47. The van der Waals surface area contributed by atoms with Crippen molar-refractivity contribution in [1.82, 2.24) is 10.2 Å². The topological polar surface area (TPSA) is 41.6 Å². The molecule has 2 heterocycles. The molecule has 3 unspecified atom stereocenters. The fourth-order valence-electron chi connectivity index (χ4n) is 3.36. The lowest BCUT2D eigenvalue weighted by Gasteiger charge is -2.26. The second-order valence-corrected chi connectivity index (χ2v) is 6.24. The fraction of sp³-hybridized carbons (Fsp3) is 0.938. The van der Waals surface area contributed by atoms with Crippen LogP contribution >= 0.6 is 0 Å². The van der Waals surface area contributed by atoms with E-state index in [0.29, 0.717) is 12.0 Å². The van der Waals surface area contributed by atoms with Crippen LogP contribution in [0.4, 0.5) is 0 Å². The van der Waals surface area contributed by atoms with E-state index in [1.165, 1.54) is 12.8 Å². The van der Waals surface area contributed by atoms with Crippen molar-refractivity contribution >= 4 is 5.91 Å². The van der Waals surface area contributed by atoms with Gasteiger partial charge in [0, 0.05) is 26.2 Å². The Bertz CT molecular complexity index is 301. The largest absolute Gasteiger partial charge is 0.378 e. The Morgan fingerprint density at radius 1 is 1.30 bits per heavy atom. The standard InChI is InChI=1S/C16H30N2O2/c1-3-15-14(8-11-20-15)12-17-13(2)16(19)18-9-6-4-5-7-10-18/h13-15,17H,3-12H2,1-2H3. The van der Waals surface area contributed by atoms with Gasteiger partial charge >= 0.3 is 0 Å². The Morgan fingerprint density at radius 2 is 2.00 bits per heavy atom. The van der Waals surface area contributed by atoms with Gasteiger partial charge in [0.05, 0.1) is 12.1 Å². The zero-order chi connectivity index (χ0) is 14.4. The zero-order valence-electron chi connectivity index (χ0n) is 13.1. The second-order valence-electron chi connectivity index (χ2n) is 6.24. The summed E-state index contributed by atoms with van der Waals surface area (Å²) in [5, 5.41) is 3.44. The zero-order valence-corrected chi connectivity index (χ0v) is 13.1. The van der Waals surface area contributed by atoms with Crippen LogP contribution in [0.15, 0.2) is 0 Å². The first kappa shape index (κ1) is 15.8. The second kappa shape index (κ2) is 7.99. The fourth-order valence-corrected chi connectivity index (χ4v) is 3.36. The van der Waals surface area contributed by atoms with E-state index in [4.69, 9.17) is 4.74 Å². The first-order chi connectivity index (χ1) is 9.72. The molecule has 2 aliphatic heterocycles. The molecule has 1 amide bonds. The van der Waals surface area contributed by atoms with E-state index in [1.807, 2.05) is 11.8 Å². The molecule has 2 saturated heterocycles. The molecule has 0 radical (unpaired) electrons. The molecule has 4 heteroatoms. The Hall–Kier alpha value is -0.610. The summed E-state index contributed by atoms with van der Waals surface area (Å²) in [5.41, 5.74) is 0. The van der Waals surface area contributed by atoms with E-state index in [-0.39, 0.29) is 11.9 Å². The maximum Gasteiger partial charge on any atom is 0.239 e. The quantitative estimate of drug-likeness (QED) is 0.840. The Kier molecular flexibility index (Phi) is 6.30. The molecule has 0 spiro atoms. The number of likely N-dealkylation sites (tertiary alicyclic amines) is 1. The highest BCUT2D eigenvalue weighted by Crippen LogP contribution is 2.22. The third-order valence-electron chi connectivity index (χ3n) is 4.72. The molecular formula is C16H30N2O2. The number of hydrogen-bond donors (Lipinski definition) is 1. The molecule has 2 rings (SSSR count). The summed E-state index contributed by atoms with van der Waals surface area (Å²) in [7, 11) is 0. The van der Waals surface area contributed by atoms with Gasteiger partial charge < -0.3 is 15.0 Å². The normalized spacial score (nSPS) is 29.2. The van der Waals surface area contributed by atoms with Crippen molar-refractivity contribution in [2.75, 3.05) is 26.2 Å². The number of nitrogens with one attached hydrogen (secondary N) is 1. The predicted molar refractivity (Wildman–Crippen MR) is 80.7 cm³/mol. The smallest absolute Gasteiger partial charge is 0.239 e. The minimum absolute atomic E-state index is 0.0637. The van der Waals surface area contributed by atoms with Crippen molar-refractivity contribution in [1.29, 1.82) is 0 Å². The number of carbonyl (C=O) groups excluding carboxylic acids is 1.